The highest BCUT2D eigenvalue weighted by Crippen LogP contribution is 2.61. The molecule has 4 aliphatic carbocycles. The average molecular weight is 1500 g/mol. The van der Waals surface area contributed by atoms with Crippen LogP contribution in [0.1, 0.15) is 30.5 Å². The molecule has 0 atom stereocenters. The Bertz CT molecular complexity index is 7350. The van der Waals surface area contributed by atoms with Crippen molar-refractivity contribution in [2.45, 2.75) is 26.2 Å². The average Bonchev–Trinajstić information content (AvgIpc) is 1.55. The lowest BCUT2D eigenvalue weighted by molar-refractivity contribution is 0.660. The number of hydrogen-bond acceptors (Lipinski definition) is 3. The Morgan fingerprint density at radius 2 is 0.407 bits per heavy atom. The van der Waals surface area contributed by atoms with Crippen molar-refractivity contribution in [3.63, 3.8) is 0 Å². The number of aromatic nitrogens is 3. The van der Waals surface area contributed by atoms with E-state index in [1.54, 1.807) is 0 Å². The second-order valence-electron chi connectivity index (χ2n) is 31.9. The highest BCUT2D eigenvalue weighted by molar-refractivity contribution is 6.25. The monoisotopic (exact) mass is 1500 g/mol. The van der Waals surface area contributed by atoms with Crippen LogP contribution in [-0.4, -0.2) is 15.0 Å². The Labute approximate surface area is 687 Å². The summed E-state index contributed by atoms with van der Waals surface area (Å²) in [6.45, 7) is 6.83. The zero-order valence-corrected chi connectivity index (χ0v) is 65.6. The standard InChI is InChI=1S/C42H29N.C39H25N.C34H23N/c1-42(2)34-22-10-9-19-30(34)31-24-23-29(25-35(31)42)41-37(27-13-5-3-6-14-27)38-32-20-11-17-26-18-12-21-33(36(26)32)39(38)40(43-41)28-15-7-4-8-16-28;1-4-12-26(13-5-1)27-22-24-31(25-23-27)38-35(29-14-6-2-7-15-29)36-32-20-10-18-28-19-11-21-33(34(28)32)37(36)39(40-38)30-16-8-3-9-17-30;1-22-18-20-26(21-19-22)33-30(24-10-4-2-5-11-24)31-27-16-8-14-23-15-9-17-28(29(23)27)32(31)34(35-33)25-12-6-3-7-13-25/h3-25H,1-2H3;1-25H;2-21H,1H3. The Kier molecular flexibility index (Phi) is 16.8. The summed E-state index contributed by atoms with van der Waals surface area (Å²) in [7, 11) is 0. The summed E-state index contributed by atoms with van der Waals surface area (Å²) >= 11 is 0. The van der Waals surface area contributed by atoms with Crippen molar-refractivity contribution in [2.75, 3.05) is 0 Å². The molecule has 3 heterocycles. The van der Waals surface area contributed by atoms with Gasteiger partial charge in [-0.2, -0.15) is 0 Å². The summed E-state index contributed by atoms with van der Waals surface area (Å²) in [6, 6.07) is 148. The van der Waals surface area contributed by atoms with Gasteiger partial charge in [-0.05, 0) is 129 Å². The van der Waals surface area contributed by atoms with Crippen molar-refractivity contribution in [3.05, 3.63) is 429 Å². The first-order valence-corrected chi connectivity index (χ1v) is 40.9. The van der Waals surface area contributed by atoms with E-state index in [-0.39, 0.29) is 5.41 Å². The smallest absolute Gasteiger partial charge is 0.0794 e. The summed E-state index contributed by atoms with van der Waals surface area (Å²) in [5.41, 5.74) is 44.3. The third-order valence-electron chi connectivity index (χ3n) is 24.7. The molecule has 24 rings (SSSR count). The van der Waals surface area contributed by atoms with Gasteiger partial charge in [-0.25, -0.2) is 15.0 Å². The summed E-state index contributed by atoms with van der Waals surface area (Å²) in [5, 5.41) is 7.75. The first-order valence-electron chi connectivity index (χ1n) is 40.9. The summed E-state index contributed by atoms with van der Waals surface area (Å²) in [6.07, 6.45) is 0. The number of pyridine rings is 3. The summed E-state index contributed by atoms with van der Waals surface area (Å²) in [4.78, 5) is 16.6. The fourth-order valence-electron chi connectivity index (χ4n) is 19.3. The van der Waals surface area contributed by atoms with Crippen LogP contribution in [0.15, 0.2) is 413 Å². The van der Waals surface area contributed by atoms with Gasteiger partial charge in [0.15, 0.2) is 0 Å². The van der Waals surface area contributed by atoms with Crippen molar-refractivity contribution < 1.29 is 0 Å². The van der Waals surface area contributed by atoms with E-state index in [1.807, 2.05) is 0 Å². The van der Waals surface area contributed by atoms with Crippen molar-refractivity contribution in [2.24, 2.45) is 0 Å². The lowest BCUT2D eigenvalue weighted by atomic mass is 9.81. The summed E-state index contributed by atoms with van der Waals surface area (Å²) < 4.78 is 0. The fourth-order valence-corrected chi connectivity index (χ4v) is 19.3. The number of nitrogens with zero attached hydrogens (tertiary/aromatic N) is 3. The van der Waals surface area contributed by atoms with E-state index in [0.717, 1.165) is 67.5 Å². The largest absolute Gasteiger partial charge is 0.246 e. The van der Waals surface area contributed by atoms with Crippen molar-refractivity contribution in [3.8, 4) is 190 Å². The Hall–Kier alpha value is -15.0. The van der Waals surface area contributed by atoms with Crippen molar-refractivity contribution in [1.82, 2.24) is 15.0 Å². The van der Waals surface area contributed by atoms with Crippen LogP contribution in [0.4, 0.5) is 0 Å². The Morgan fingerprint density at radius 1 is 0.169 bits per heavy atom. The molecule has 118 heavy (non-hydrogen) atoms. The molecule has 3 aromatic heterocycles. The minimum absolute atomic E-state index is 0.0876. The topological polar surface area (TPSA) is 38.7 Å². The van der Waals surface area contributed by atoms with Crippen LogP contribution in [0.5, 0.6) is 0 Å². The number of benzene rings is 17. The predicted octanol–water partition coefficient (Wildman–Crippen LogP) is 30.9. The maximum atomic E-state index is 5.65. The van der Waals surface area contributed by atoms with Crippen LogP contribution in [0.25, 0.3) is 222 Å². The Balaban J connectivity index is 0.000000107. The molecule has 3 heteroatoms. The number of rotatable bonds is 10. The van der Waals surface area contributed by atoms with Crippen molar-refractivity contribution in [1.29, 1.82) is 0 Å². The lowest BCUT2D eigenvalue weighted by Crippen LogP contribution is -2.15. The molecule has 0 spiro atoms. The van der Waals surface area contributed by atoms with Gasteiger partial charge in [0.1, 0.15) is 0 Å². The minimum Gasteiger partial charge on any atom is -0.246 e. The molecule has 0 fully saturated rings. The van der Waals surface area contributed by atoms with Crippen LogP contribution in [0, 0.1) is 6.92 Å². The van der Waals surface area contributed by atoms with Crippen LogP contribution >= 0.6 is 0 Å². The van der Waals surface area contributed by atoms with Gasteiger partial charge in [-0.15, -0.1) is 0 Å². The van der Waals surface area contributed by atoms with E-state index in [1.165, 1.54) is 171 Å². The van der Waals surface area contributed by atoms with Gasteiger partial charge in [0.25, 0.3) is 0 Å². The molecule has 20 aromatic rings. The third-order valence-corrected chi connectivity index (χ3v) is 24.7. The van der Waals surface area contributed by atoms with Crippen LogP contribution in [0.3, 0.4) is 0 Å². The van der Waals surface area contributed by atoms with Crippen molar-refractivity contribution >= 4 is 32.3 Å². The van der Waals surface area contributed by atoms with E-state index >= 15 is 0 Å². The van der Waals surface area contributed by atoms with E-state index < -0.39 is 0 Å². The molecule has 0 radical (unpaired) electrons. The van der Waals surface area contributed by atoms with E-state index in [2.05, 4.69) is 433 Å². The predicted molar refractivity (Wildman–Crippen MR) is 495 cm³/mol. The SMILES string of the molecule is CC1(C)c2ccccc2-c2ccc(-c3nc(-c4ccccc4)c4c(c3-c3ccccc3)-c3cccc5cccc-4c35)cc21.Cc1ccc(-c2nc(-c3ccccc3)c3c(c2-c2ccccc2)-c2cccc4cccc-3c24)cc1.c1ccc(-c2ccc(-c3nc(-c4ccccc4)c4c(c3-c3ccccc3)-c3cccc5cccc-4c35)cc2)cc1. The van der Waals surface area contributed by atoms with Crippen LogP contribution in [0.2, 0.25) is 0 Å². The zero-order valence-electron chi connectivity index (χ0n) is 65.6. The normalized spacial score (nSPS) is 12.3. The van der Waals surface area contributed by atoms with E-state index in [9.17, 15) is 0 Å². The van der Waals surface area contributed by atoms with E-state index in [4.69, 9.17) is 15.0 Å². The van der Waals surface area contributed by atoms with Gasteiger partial charge in [-0.3, -0.25) is 0 Å². The molecule has 0 bridgehead atoms. The van der Waals surface area contributed by atoms with Gasteiger partial charge >= 0.3 is 0 Å². The fraction of sp³-hybridized carbons (Fsp3) is 0.0348. The quantitative estimate of drug-likeness (QED) is 0.137. The number of fused-ring (bicyclic) bond motifs is 12. The molecule has 0 aliphatic heterocycles. The second-order valence-corrected chi connectivity index (χ2v) is 31.9. The summed E-state index contributed by atoms with van der Waals surface area (Å²) in [5.74, 6) is 0. The van der Waals surface area contributed by atoms with Crippen LogP contribution < -0.4 is 0 Å². The maximum absolute atomic E-state index is 5.65. The molecule has 17 aromatic carbocycles. The van der Waals surface area contributed by atoms with Gasteiger partial charge in [0.2, 0.25) is 0 Å². The second kappa shape index (κ2) is 28.5. The highest BCUT2D eigenvalue weighted by atomic mass is 14.8. The van der Waals surface area contributed by atoms with E-state index in [0.29, 0.717) is 0 Å². The van der Waals surface area contributed by atoms with Gasteiger partial charge in [0, 0.05) is 88.9 Å². The zero-order chi connectivity index (χ0) is 78.5. The number of aryl methyl sites for hydroxylation is 1. The molecule has 0 N–H and O–H groups in total. The molecule has 0 saturated carbocycles. The molecule has 0 saturated heterocycles. The molecule has 4 aliphatic rings. The van der Waals surface area contributed by atoms with Gasteiger partial charge in [-0.1, -0.05) is 426 Å². The third kappa shape index (κ3) is 11.4. The lowest BCUT2D eigenvalue weighted by Gasteiger charge is -2.23. The molecule has 3 nitrogen and oxygen atoms in total. The first-order chi connectivity index (χ1) is 58.3. The molecule has 0 amide bonds. The van der Waals surface area contributed by atoms with Gasteiger partial charge < -0.3 is 0 Å². The first kappa shape index (κ1) is 69.7. The maximum Gasteiger partial charge on any atom is 0.0794 e. The Morgan fingerprint density at radius 3 is 0.763 bits per heavy atom. The number of hydrogen-bond donors (Lipinski definition) is 0. The molecular formula is C115H77N3. The molecular weight excluding hydrogens is 1420 g/mol. The minimum atomic E-state index is -0.0876. The molecule has 552 valence electrons. The van der Waals surface area contributed by atoms with Crippen LogP contribution in [-0.2, 0) is 5.41 Å². The molecule has 0 unspecified atom stereocenters. The van der Waals surface area contributed by atoms with Gasteiger partial charge in [0.05, 0.1) is 34.2 Å². The highest BCUT2D eigenvalue weighted by Gasteiger charge is 2.39.